The maximum absolute atomic E-state index is 10.7. The molecule has 0 aliphatic rings. The van der Waals surface area contributed by atoms with Crippen molar-refractivity contribution in [2.75, 3.05) is 0 Å². The molecule has 0 aromatic carbocycles. The molecule has 0 unspecified atom stereocenters. The van der Waals surface area contributed by atoms with Gasteiger partial charge in [0.25, 0.3) is 6.47 Å². The highest BCUT2D eigenvalue weighted by Gasteiger charge is 2.11. The third-order valence-electron chi connectivity index (χ3n) is 1.00. The van der Waals surface area contributed by atoms with E-state index < -0.39 is 10.0 Å². The van der Waals surface area contributed by atoms with Gasteiger partial charge in [0.15, 0.2) is 5.06 Å². The number of hydrogen-bond donors (Lipinski definition) is 1. The molecular weight excluding hydrogens is 202 g/mol. The van der Waals surface area contributed by atoms with Crippen molar-refractivity contribution >= 4 is 27.8 Å². The van der Waals surface area contributed by atoms with Crippen LogP contribution in [0, 0.1) is 0 Å². The summed E-state index contributed by atoms with van der Waals surface area (Å²) >= 11 is 0.798. The maximum atomic E-state index is 10.7. The monoisotopic (exact) mass is 207 g/mol. The van der Waals surface area contributed by atoms with Crippen molar-refractivity contribution in [2.45, 2.75) is 4.21 Å². The number of ether oxygens (including phenoxy) is 1. The van der Waals surface area contributed by atoms with Crippen LogP contribution in [0.1, 0.15) is 0 Å². The highest BCUT2D eigenvalue weighted by atomic mass is 32.2. The normalized spacial score (nSPS) is 11.1. The zero-order valence-electron chi connectivity index (χ0n) is 5.76. The largest absolute Gasteiger partial charge is 0.418 e. The van der Waals surface area contributed by atoms with Gasteiger partial charge in [-0.25, -0.2) is 13.6 Å². The van der Waals surface area contributed by atoms with Gasteiger partial charge in [0, 0.05) is 0 Å². The third-order valence-corrected chi connectivity index (χ3v) is 3.42. The zero-order valence-corrected chi connectivity index (χ0v) is 7.39. The van der Waals surface area contributed by atoms with Crippen LogP contribution in [0.25, 0.3) is 0 Å². The second-order valence-electron chi connectivity index (χ2n) is 1.83. The van der Waals surface area contributed by atoms with Crippen LogP contribution in [-0.4, -0.2) is 14.9 Å². The summed E-state index contributed by atoms with van der Waals surface area (Å²) in [5, 5.41) is 5.01. The van der Waals surface area contributed by atoms with Crippen molar-refractivity contribution in [3.8, 4) is 5.06 Å². The summed E-state index contributed by atoms with van der Waals surface area (Å²) in [6.45, 7) is 0.221. The van der Waals surface area contributed by atoms with Crippen LogP contribution in [0.3, 0.4) is 0 Å². The zero-order chi connectivity index (χ0) is 9.19. The molecule has 1 aromatic heterocycles. The number of sulfonamides is 1. The van der Waals surface area contributed by atoms with Gasteiger partial charge in [-0.15, -0.1) is 0 Å². The molecular formula is C5H5NO4S2. The second-order valence-corrected chi connectivity index (χ2v) is 4.67. The molecule has 5 nitrogen and oxygen atoms in total. The Hall–Kier alpha value is -0.920. The predicted molar refractivity (Wildman–Crippen MR) is 42.4 cm³/mol. The Morgan fingerprint density at radius 1 is 1.50 bits per heavy atom. The Balaban J connectivity index is 2.99. The molecule has 7 heteroatoms. The van der Waals surface area contributed by atoms with E-state index in [0.717, 1.165) is 11.3 Å². The average Bonchev–Trinajstić information content (AvgIpc) is 2.35. The van der Waals surface area contributed by atoms with E-state index in [9.17, 15) is 13.2 Å². The van der Waals surface area contributed by atoms with E-state index in [-0.39, 0.29) is 15.7 Å². The number of hydrogen-bond acceptors (Lipinski definition) is 5. The minimum absolute atomic E-state index is 0.0284. The van der Waals surface area contributed by atoms with E-state index in [1.807, 2.05) is 0 Å². The number of primary sulfonamides is 1. The molecule has 1 aromatic rings. The van der Waals surface area contributed by atoms with Crippen molar-refractivity contribution < 1.29 is 17.9 Å². The van der Waals surface area contributed by atoms with Gasteiger partial charge < -0.3 is 4.74 Å². The van der Waals surface area contributed by atoms with Crippen molar-refractivity contribution in [1.29, 1.82) is 0 Å². The van der Waals surface area contributed by atoms with Gasteiger partial charge in [0.1, 0.15) is 4.21 Å². The molecule has 0 aliphatic carbocycles. The topological polar surface area (TPSA) is 86.5 Å². The molecule has 0 radical (unpaired) electrons. The Morgan fingerprint density at radius 3 is 2.58 bits per heavy atom. The van der Waals surface area contributed by atoms with Gasteiger partial charge in [0.2, 0.25) is 10.0 Å². The van der Waals surface area contributed by atoms with Gasteiger partial charge in [0.05, 0.1) is 0 Å². The lowest BCUT2D eigenvalue weighted by atomic mass is 10.6. The standard InChI is InChI=1S/C5H5NO4S2/c6-12(8,9)5-2-1-4(11-5)10-3-7/h1-3H,(H2,6,8,9). The Kier molecular flexibility index (Phi) is 2.46. The smallest absolute Gasteiger partial charge is 0.299 e. The van der Waals surface area contributed by atoms with Crippen LogP contribution >= 0.6 is 11.3 Å². The van der Waals surface area contributed by atoms with E-state index in [1.54, 1.807) is 0 Å². The number of carbonyl (C=O) groups excluding carboxylic acids is 1. The molecule has 0 bridgehead atoms. The van der Waals surface area contributed by atoms with Gasteiger partial charge in [-0.1, -0.05) is 11.3 Å². The van der Waals surface area contributed by atoms with Crippen LogP contribution < -0.4 is 9.88 Å². The molecule has 0 saturated carbocycles. The summed E-state index contributed by atoms with van der Waals surface area (Å²) in [6.07, 6.45) is 0. The summed E-state index contributed by atoms with van der Waals surface area (Å²) in [4.78, 5) is 9.84. The SMILES string of the molecule is NS(=O)(=O)c1ccc(OC=O)s1. The summed E-state index contributed by atoms with van der Waals surface area (Å²) < 4.78 is 25.8. The Bertz CT molecular complexity index is 380. The Labute approximate surface area is 72.8 Å². The lowest BCUT2D eigenvalue weighted by Gasteiger charge is -1.89. The van der Waals surface area contributed by atoms with E-state index in [1.165, 1.54) is 12.1 Å². The van der Waals surface area contributed by atoms with Crippen LogP contribution in [0.2, 0.25) is 0 Å². The van der Waals surface area contributed by atoms with Crippen molar-refractivity contribution in [2.24, 2.45) is 5.14 Å². The maximum Gasteiger partial charge on any atom is 0.299 e. The first-order valence-corrected chi connectivity index (χ1v) is 5.13. The number of carbonyl (C=O) groups is 1. The van der Waals surface area contributed by atoms with Gasteiger partial charge in [-0.05, 0) is 12.1 Å². The Morgan fingerprint density at radius 2 is 2.17 bits per heavy atom. The predicted octanol–water partition coefficient (Wildman–Crippen LogP) is -0.0693. The molecule has 12 heavy (non-hydrogen) atoms. The fourth-order valence-corrected chi connectivity index (χ4v) is 2.09. The van der Waals surface area contributed by atoms with E-state index in [4.69, 9.17) is 5.14 Å². The van der Waals surface area contributed by atoms with Crippen LogP contribution in [0.4, 0.5) is 0 Å². The minimum atomic E-state index is -3.68. The van der Waals surface area contributed by atoms with Gasteiger partial charge in [-0.2, -0.15) is 0 Å². The quantitative estimate of drug-likeness (QED) is 0.703. The average molecular weight is 207 g/mol. The van der Waals surface area contributed by atoms with Gasteiger partial charge in [-0.3, -0.25) is 4.79 Å². The molecule has 2 N–H and O–H groups in total. The fraction of sp³-hybridized carbons (Fsp3) is 0. The summed E-state index contributed by atoms with van der Waals surface area (Å²) in [6, 6.07) is 2.64. The number of rotatable bonds is 3. The molecule has 0 amide bonds. The van der Waals surface area contributed by atoms with Crippen LogP contribution in [0.15, 0.2) is 16.3 Å². The van der Waals surface area contributed by atoms with Crippen molar-refractivity contribution in [1.82, 2.24) is 0 Å². The second kappa shape index (κ2) is 3.21. The first-order chi connectivity index (χ1) is 5.54. The van der Waals surface area contributed by atoms with E-state index in [0.29, 0.717) is 0 Å². The van der Waals surface area contributed by atoms with Crippen molar-refractivity contribution in [3.05, 3.63) is 12.1 Å². The van der Waals surface area contributed by atoms with Crippen molar-refractivity contribution in [3.63, 3.8) is 0 Å². The molecule has 0 aliphatic heterocycles. The molecule has 0 atom stereocenters. The third kappa shape index (κ3) is 2.03. The van der Waals surface area contributed by atoms with E-state index in [2.05, 4.69) is 4.74 Å². The first-order valence-electron chi connectivity index (χ1n) is 2.77. The summed E-state index contributed by atoms with van der Waals surface area (Å²) in [5.74, 6) is 0. The molecule has 0 spiro atoms. The lowest BCUT2D eigenvalue weighted by molar-refractivity contribution is -0.120. The molecule has 1 rings (SSSR count). The molecule has 0 saturated heterocycles. The fourth-order valence-electron chi connectivity index (χ4n) is 0.567. The van der Waals surface area contributed by atoms with Crippen LogP contribution in [-0.2, 0) is 14.8 Å². The molecule has 0 fully saturated rings. The van der Waals surface area contributed by atoms with Crippen LogP contribution in [0.5, 0.6) is 5.06 Å². The first kappa shape index (κ1) is 9.17. The highest BCUT2D eigenvalue weighted by Crippen LogP contribution is 2.26. The lowest BCUT2D eigenvalue weighted by Crippen LogP contribution is -2.09. The van der Waals surface area contributed by atoms with E-state index >= 15 is 0 Å². The minimum Gasteiger partial charge on any atom is -0.418 e. The summed E-state index contributed by atoms with van der Waals surface area (Å²) in [5.41, 5.74) is 0. The summed E-state index contributed by atoms with van der Waals surface area (Å²) in [7, 11) is -3.68. The van der Waals surface area contributed by atoms with Gasteiger partial charge >= 0.3 is 0 Å². The molecule has 1 heterocycles. The highest BCUT2D eigenvalue weighted by molar-refractivity contribution is 7.91. The number of thiophene rings is 1. The number of nitrogens with two attached hydrogens (primary N) is 1. The molecule has 66 valence electrons.